The van der Waals surface area contributed by atoms with Crippen LogP contribution in [0.3, 0.4) is 0 Å². The largest absolute Gasteiger partial charge is 0.478 e. The lowest BCUT2D eigenvalue weighted by Crippen LogP contribution is -1.98. The Morgan fingerprint density at radius 1 is 0.543 bits per heavy atom. The highest BCUT2D eigenvalue weighted by molar-refractivity contribution is 5.96. The number of carbonyl (C=O) groups excluding carboxylic acids is 1. The van der Waals surface area contributed by atoms with Crippen LogP contribution in [0.4, 0.5) is 5.69 Å². The summed E-state index contributed by atoms with van der Waals surface area (Å²) in [4.78, 5) is 25.4. The van der Waals surface area contributed by atoms with E-state index in [0.29, 0.717) is 11.3 Å². The van der Waals surface area contributed by atoms with E-state index < -0.39 is 5.97 Å². The molecule has 0 spiro atoms. The molecule has 6 aromatic carbocycles. The smallest absolute Gasteiger partial charge is 0.336 e. The molecule has 0 aliphatic rings. The van der Waals surface area contributed by atoms with Crippen molar-refractivity contribution >= 4 is 17.9 Å². The first-order valence-corrected chi connectivity index (χ1v) is 14.8. The third kappa shape index (κ3) is 8.75. The minimum atomic E-state index is -0.892. The van der Waals surface area contributed by atoms with Gasteiger partial charge in [-0.2, -0.15) is 0 Å². The summed E-state index contributed by atoms with van der Waals surface area (Å²) >= 11 is 0. The minimum absolute atomic E-state index is 0.339. The summed E-state index contributed by atoms with van der Waals surface area (Å²) in [5, 5.41) is 9.08. The van der Waals surface area contributed by atoms with Crippen molar-refractivity contribution in [3.8, 4) is 33.4 Å². The Morgan fingerprint density at radius 3 is 1.41 bits per heavy atom. The molecule has 0 radical (unpaired) electrons. The summed E-state index contributed by atoms with van der Waals surface area (Å²) in [6.07, 6.45) is 0.898. The predicted molar refractivity (Wildman–Crippen MR) is 188 cm³/mol. The second kappa shape index (κ2) is 16.1. The quantitative estimate of drug-likeness (QED) is 0.158. The molecule has 0 bridgehead atoms. The van der Waals surface area contributed by atoms with E-state index in [2.05, 4.69) is 55.1 Å². The van der Waals surface area contributed by atoms with E-state index in [-0.39, 0.29) is 0 Å². The number of hydrogen-bond acceptors (Lipinski definition) is 2. The number of aryl methyl sites for hydroxylation is 3. The molecule has 4 heteroatoms. The van der Waals surface area contributed by atoms with Gasteiger partial charge in [0, 0.05) is 5.56 Å². The van der Waals surface area contributed by atoms with Crippen LogP contribution in [0.2, 0.25) is 0 Å². The monoisotopic (exact) mass is 601 g/mol. The number of carboxylic acid groups (broad SMARTS) is 1. The van der Waals surface area contributed by atoms with Gasteiger partial charge < -0.3 is 5.11 Å². The summed E-state index contributed by atoms with van der Waals surface area (Å²) < 4.78 is 0. The van der Waals surface area contributed by atoms with Crippen molar-refractivity contribution in [1.29, 1.82) is 0 Å². The van der Waals surface area contributed by atoms with Gasteiger partial charge in [-0.1, -0.05) is 156 Å². The van der Waals surface area contributed by atoms with E-state index in [1.807, 2.05) is 104 Å². The maximum Gasteiger partial charge on any atom is 0.336 e. The van der Waals surface area contributed by atoms with Crippen LogP contribution in [0, 0.1) is 27.3 Å². The summed E-state index contributed by atoms with van der Waals surface area (Å²) in [6.45, 7) is 13.2. The van der Waals surface area contributed by atoms with Crippen LogP contribution in [0.15, 0.2) is 146 Å². The Balaban J connectivity index is 0.000000157. The van der Waals surface area contributed by atoms with Crippen LogP contribution in [-0.2, 0) is 0 Å². The fraction of sp³-hybridized carbons (Fsp3) is 0.0714. The van der Waals surface area contributed by atoms with E-state index in [1.54, 1.807) is 12.1 Å². The minimum Gasteiger partial charge on any atom is -0.478 e. The molecule has 0 aromatic heterocycles. The van der Waals surface area contributed by atoms with E-state index >= 15 is 0 Å². The van der Waals surface area contributed by atoms with Crippen molar-refractivity contribution < 1.29 is 14.7 Å². The Labute approximate surface area is 271 Å². The molecule has 1 N–H and O–H groups in total. The average molecular weight is 602 g/mol. The van der Waals surface area contributed by atoms with E-state index in [4.69, 9.17) is 11.7 Å². The van der Waals surface area contributed by atoms with E-state index in [1.165, 1.54) is 11.1 Å². The highest BCUT2D eigenvalue weighted by Crippen LogP contribution is 2.30. The maximum absolute atomic E-state index is 11.1. The number of aromatic carboxylic acids is 1. The first-order chi connectivity index (χ1) is 22.3. The molecule has 46 heavy (non-hydrogen) atoms. The highest BCUT2D eigenvalue weighted by Gasteiger charge is 2.10. The third-order valence-corrected chi connectivity index (χ3v) is 7.36. The summed E-state index contributed by atoms with van der Waals surface area (Å²) in [6, 6.07) is 46.6. The van der Waals surface area contributed by atoms with Gasteiger partial charge in [0.25, 0.3) is 0 Å². The Morgan fingerprint density at radius 2 is 0.935 bits per heavy atom. The van der Waals surface area contributed by atoms with Crippen LogP contribution < -0.4 is 0 Å². The van der Waals surface area contributed by atoms with Gasteiger partial charge in [0.15, 0.2) is 12.0 Å². The van der Waals surface area contributed by atoms with Crippen molar-refractivity contribution in [3.05, 3.63) is 185 Å². The number of nitrogens with zero attached hydrogens (tertiary/aromatic N) is 1. The highest BCUT2D eigenvalue weighted by atomic mass is 16.4. The first-order valence-electron chi connectivity index (χ1n) is 14.8. The fourth-order valence-electron chi connectivity index (χ4n) is 4.80. The van der Waals surface area contributed by atoms with E-state index in [0.717, 1.165) is 50.8 Å². The first kappa shape index (κ1) is 32.9. The van der Waals surface area contributed by atoms with Gasteiger partial charge >= 0.3 is 5.97 Å². The average Bonchev–Trinajstić information content (AvgIpc) is 3.10. The zero-order valence-corrected chi connectivity index (χ0v) is 26.1. The van der Waals surface area contributed by atoms with Crippen molar-refractivity contribution in [3.63, 3.8) is 0 Å². The molecule has 0 aliphatic carbocycles. The van der Waals surface area contributed by atoms with Crippen LogP contribution in [0.25, 0.3) is 38.2 Å². The second-order valence-corrected chi connectivity index (χ2v) is 10.8. The molecule has 0 saturated heterocycles. The molecule has 0 amide bonds. The van der Waals surface area contributed by atoms with Crippen LogP contribution in [0.1, 0.15) is 37.4 Å². The SMILES string of the molecule is Cc1ccc(-c2ccccc2C(=O)O)cc1.Cc1ccc(-c2ccccc2C=O)cc1.[C-]#[N+]c1ccccc1-c1ccc(C)cc1. The number of hydrogen-bond donors (Lipinski definition) is 1. The van der Waals surface area contributed by atoms with Crippen molar-refractivity contribution in [2.45, 2.75) is 20.8 Å². The van der Waals surface area contributed by atoms with Gasteiger partial charge in [0.05, 0.1) is 12.1 Å². The summed E-state index contributed by atoms with van der Waals surface area (Å²) in [5.41, 5.74) is 11.3. The number of carbonyl (C=O) groups is 2. The molecule has 0 unspecified atom stereocenters. The molecule has 0 fully saturated rings. The zero-order valence-electron chi connectivity index (χ0n) is 26.1. The standard InChI is InChI=1S/C14H11N.C14H12O2.C14H12O/c1-11-7-9-12(10-8-11)13-5-3-4-6-14(13)15-2;1-10-6-8-11(9-7-10)12-4-2-3-5-13(12)14(15)16;1-11-6-8-12(9-7-11)14-5-3-2-4-13(14)10-15/h3-10H,1H3;2-9H,1H3,(H,15,16);2-10H,1H3. The Hall–Kier alpha value is -6.05. The Kier molecular flexibility index (Phi) is 11.5. The molecular weight excluding hydrogens is 566 g/mol. The van der Waals surface area contributed by atoms with E-state index in [9.17, 15) is 9.59 Å². The van der Waals surface area contributed by atoms with Gasteiger partial charge in [-0.25, -0.2) is 9.64 Å². The van der Waals surface area contributed by atoms with Crippen LogP contribution in [0.5, 0.6) is 0 Å². The molecule has 6 aromatic rings. The number of carboxylic acids is 1. The normalized spacial score (nSPS) is 9.87. The molecule has 0 atom stereocenters. The lowest BCUT2D eigenvalue weighted by Gasteiger charge is -2.06. The number of para-hydroxylation sites is 1. The summed E-state index contributed by atoms with van der Waals surface area (Å²) in [7, 11) is 0. The van der Waals surface area contributed by atoms with Crippen molar-refractivity contribution in [2.24, 2.45) is 0 Å². The van der Waals surface area contributed by atoms with Crippen LogP contribution >= 0.6 is 0 Å². The van der Waals surface area contributed by atoms with Gasteiger partial charge in [-0.3, -0.25) is 4.79 Å². The molecule has 0 aliphatic heterocycles. The lowest BCUT2D eigenvalue weighted by molar-refractivity contribution is 0.0697. The zero-order chi connectivity index (χ0) is 32.9. The number of rotatable bonds is 5. The fourth-order valence-corrected chi connectivity index (χ4v) is 4.80. The molecule has 6 rings (SSSR count). The molecule has 4 nitrogen and oxygen atoms in total. The lowest BCUT2D eigenvalue weighted by atomic mass is 9.99. The molecule has 226 valence electrons. The molecular formula is C42H35NO3. The van der Waals surface area contributed by atoms with Gasteiger partial charge in [-0.05, 0) is 60.2 Å². The van der Waals surface area contributed by atoms with Gasteiger partial charge in [0.1, 0.15) is 0 Å². The van der Waals surface area contributed by atoms with Crippen molar-refractivity contribution in [1.82, 2.24) is 0 Å². The van der Waals surface area contributed by atoms with Gasteiger partial charge in [-0.15, -0.1) is 0 Å². The van der Waals surface area contributed by atoms with Crippen molar-refractivity contribution in [2.75, 3.05) is 0 Å². The second-order valence-electron chi connectivity index (χ2n) is 10.8. The van der Waals surface area contributed by atoms with Crippen LogP contribution in [-0.4, -0.2) is 17.4 Å². The number of aldehydes is 1. The summed E-state index contributed by atoms with van der Waals surface area (Å²) in [5.74, 6) is -0.892. The molecule has 0 saturated carbocycles. The van der Waals surface area contributed by atoms with Gasteiger partial charge in [0.2, 0.25) is 0 Å². The third-order valence-electron chi connectivity index (χ3n) is 7.36. The number of benzene rings is 6. The topological polar surface area (TPSA) is 58.7 Å². The maximum atomic E-state index is 11.1. The molecule has 0 heterocycles. The Bertz CT molecular complexity index is 1950. The predicted octanol–water partition coefficient (Wildman–Crippen LogP) is 11.0.